The zero-order chi connectivity index (χ0) is 4.99. The van der Waals surface area contributed by atoms with Gasteiger partial charge in [0.1, 0.15) is 0 Å². The maximum absolute atomic E-state index is 9.60. The van der Waals surface area contributed by atoms with Crippen LogP contribution >= 0.6 is 0 Å². The molecule has 0 aromatic carbocycles. The predicted molar refractivity (Wildman–Crippen MR) is 24.1 cm³/mol. The molecule has 1 unspecified atom stereocenters. The fourth-order valence-corrected chi connectivity index (χ4v) is 0.500. The van der Waals surface area contributed by atoms with E-state index < -0.39 is 11.1 Å². The van der Waals surface area contributed by atoms with Crippen LogP contribution in [0.1, 0.15) is 13.3 Å². The molecule has 3 heteroatoms. The average molecular weight is 107 g/mol. The van der Waals surface area contributed by atoms with Crippen LogP contribution in [0.2, 0.25) is 0 Å². The predicted octanol–water partition coefficient (Wildman–Crippen LogP) is 0.276. The number of rotatable bonds is 2. The molecule has 0 N–H and O–H groups in total. The highest BCUT2D eigenvalue weighted by molar-refractivity contribution is 7.79. The lowest BCUT2D eigenvalue weighted by Gasteiger charge is -1.97. The van der Waals surface area contributed by atoms with Crippen LogP contribution in [0.15, 0.2) is 0 Å². The molecule has 0 amide bonds. The second-order valence-electron chi connectivity index (χ2n) is 1.01. The Labute approximate surface area is 39.8 Å². The van der Waals surface area contributed by atoms with Gasteiger partial charge in [-0.3, -0.25) is 4.21 Å². The van der Waals surface area contributed by atoms with Crippen molar-refractivity contribution in [3.05, 3.63) is 0 Å². The molecule has 6 heavy (non-hydrogen) atoms. The third-order valence-electron chi connectivity index (χ3n) is 0.371. The molecular formula is C3H7O2S-. The fraction of sp³-hybridized carbons (Fsp3) is 1.00. The summed E-state index contributed by atoms with van der Waals surface area (Å²) in [6.07, 6.45) is 0.718. The van der Waals surface area contributed by atoms with Gasteiger partial charge in [-0.2, -0.15) is 0 Å². The lowest BCUT2D eigenvalue weighted by atomic mass is 10.6. The summed E-state index contributed by atoms with van der Waals surface area (Å²) in [6.45, 7) is 1.83. The van der Waals surface area contributed by atoms with E-state index >= 15 is 0 Å². The van der Waals surface area contributed by atoms with Crippen LogP contribution in [0.4, 0.5) is 0 Å². The SMILES string of the molecule is CCCS(=O)[O-]. The normalized spacial score (nSPS) is 14.3. The van der Waals surface area contributed by atoms with Crippen LogP contribution in [0.3, 0.4) is 0 Å². The van der Waals surface area contributed by atoms with Crippen LogP contribution in [-0.4, -0.2) is 14.5 Å². The minimum atomic E-state index is -1.82. The van der Waals surface area contributed by atoms with Gasteiger partial charge in [0.25, 0.3) is 0 Å². The van der Waals surface area contributed by atoms with Crippen LogP contribution in [0.25, 0.3) is 0 Å². The summed E-state index contributed by atoms with van der Waals surface area (Å²) in [5, 5.41) is 0. The van der Waals surface area contributed by atoms with Gasteiger partial charge in [0.15, 0.2) is 0 Å². The molecule has 0 saturated heterocycles. The van der Waals surface area contributed by atoms with E-state index in [2.05, 4.69) is 0 Å². The highest BCUT2D eigenvalue weighted by Crippen LogP contribution is 1.76. The second-order valence-corrected chi connectivity index (χ2v) is 2.02. The van der Waals surface area contributed by atoms with E-state index in [-0.39, 0.29) is 0 Å². The summed E-state index contributed by atoms with van der Waals surface area (Å²) in [5.41, 5.74) is 0. The average Bonchev–Trinajstić information content (AvgIpc) is 1.35. The minimum absolute atomic E-state index is 0.292. The van der Waals surface area contributed by atoms with Crippen molar-refractivity contribution < 1.29 is 8.76 Å². The summed E-state index contributed by atoms with van der Waals surface area (Å²) in [4.78, 5) is 0. The Morgan fingerprint density at radius 1 is 1.83 bits per heavy atom. The molecule has 0 rings (SSSR count). The molecule has 0 fully saturated rings. The monoisotopic (exact) mass is 107 g/mol. The van der Waals surface area contributed by atoms with Crippen LogP contribution < -0.4 is 0 Å². The number of hydrogen-bond donors (Lipinski definition) is 0. The van der Waals surface area contributed by atoms with Gasteiger partial charge >= 0.3 is 0 Å². The standard InChI is InChI=1S/C3H8O2S/c1-2-3-6(4)5/h2-3H2,1H3,(H,4,5)/p-1. The van der Waals surface area contributed by atoms with Crippen molar-refractivity contribution in [1.82, 2.24) is 0 Å². The smallest absolute Gasteiger partial charge is 0.00989 e. The van der Waals surface area contributed by atoms with Gasteiger partial charge in [-0.15, -0.1) is 0 Å². The zero-order valence-corrected chi connectivity index (χ0v) is 4.46. The molecule has 0 heterocycles. The largest absolute Gasteiger partial charge is 0.772 e. The Morgan fingerprint density at radius 3 is 2.33 bits per heavy atom. The van der Waals surface area contributed by atoms with Crippen LogP contribution in [-0.2, 0) is 11.1 Å². The molecule has 0 aromatic heterocycles. The summed E-state index contributed by atoms with van der Waals surface area (Å²) in [6, 6.07) is 0. The van der Waals surface area contributed by atoms with Crippen LogP contribution in [0, 0.1) is 0 Å². The highest BCUT2D eigenvalue weighted by atomic mass is 32.2. The topological polar surface area (TPSA) is 40.1 Å². The molecule has 0 radical (unpaired) electrons. The summed E-state index contributed by atoms with van der Waals surface area (Å²) in [5.74, 6) is 0.292. The summed E-state index contributed by atoms with van der Waals surface area (Å²) < 4.78 is 19.2. The molecule has 0 aliphatic carbocycles. The minimum Gasteiger partial charge on any atom is -0.772 e. The molecule has 38 valence electrons. The van der Waals surface area contributed by atoms with Gasteiger partial charge in [-0.25, -0.2) is 0 Å². The van der Waals surface area contributed by atoms with Crippen molar-refractivity contribution in [3.63, 3.8) is 0 Å². The first kappa shape index (κ1) is 6.11. The molecule has 0 spiro atoms. The Hall–Kier alpha value is 0.110. The maximum Gasteiger partial charge on any atom is 0.00989 e. The van der Waals surface area contributed by atoms with Crippen molar-refractivity contribution in [1.29, 1.82) is 0 Å². The van der Waals surface area contributed by atoms with E-state index in [0.717, 1.165) is 6.42 Å². The first-order valence-electron chi connectivity index (χ1n) is 1.83. The Bertz CT molecular complexity index is 52.8. The Morgan fingerprint density at radius 2 is 2.33 bits per heavy atom. The van der Waals surface area contributed by atoms with E-state index in [9.17, 15) is 8.76 Å². The second kappa shape index (κ2) is 3.31. The van der Waals surface area contributed by atoms with E-state index in [1.54, 1.807) is 0 Å². The molecule has 0 saturated carbocycles. The van der Waals surface area contributed by atoms with Gasteiger partial charge in [0.2, 0.25) is 0 Å². The van der Waals surface area contributed by atoms with Crippen molar-refractivity contribution in [2.75, 3.05) is 5.75 Å². The summed E-state index contributed by atoms with van der Waals surface area (Å²) >= 11 is -1.82. The quantitative estimate of drug-likeness (QED) is 0.475. The van der Waals surface area contributed by atoms with E-state index in [0.29, 0.717) is 5.75 Å². The van der Waals surface area contributed by atoms with E-state index in [1.165, 1.54) is 0 Å². The van der Waals surface area contributed by atoms with Crippen molar-refractivity contribution >= 4 is 11.1 Å². The fourth-order valence-electron chi connectivity index (χ4n) is 0.167. The van der Waals surface area contributed by atoms with Gasteiger partial charge in [0.05, 0.1) is 0 Å². The van der Waals surface area contributed by atoms with Crippen molar-refractivity contribution in [3.8, 4) is 0 Å². The molecule has 2 nitrogen and oxygen atoms in total. The molecule has 0 aliphatic rings. The molecule has 0 aliphatic heterocycles. The van der Waals surface area contributed by atoms with E-state index in [4.69, 9.17) is 0 Å². The number of hydrogen-bond acceptors (Lipinski definition) is 2. The first-order valence-corrected chi connectivity index (χ1v) is 3.07. The maximum atomic E-state index is 9.60. The highest BCUT2D eigenvalue weighted by Gasteiger charge is 1.73. The summed E-state index contributed by atoms with van der Waals surface area (Å²) in [7, 11) is 0. The van der Waals surface area contributed by atoms with Gasteiger partial charge in [0, 0.05) is 5.75 Å². The van der Waals surface area contributed by atoms with E-state index in [1.807, 2.05) is 6.92 Å². The molecule has 0 aromatic rings. The Balaban J connectivity index is 2.83. The Kier molecular flexibility index (Phi) is 3.37. The van der Waals surface area contributed by atoms with Crippen LogP contribution in [0.5, 0.6) is 0 Å². The zero-order valence-electron chi connectivity index (χ0n) is 3.64. The third kappa shape index (κ3) is 4.11. The molecular weight excluding hydrogens is 100 g/mol. The van der Waals surface area contributed by atoms with Crippen molar-refractivity contribution in [2.24, 2.45) is 0 Å². The lowest BCUT2D eigenvalue weighted by molar-refractivity contribution is 0.536. The van der Waals surface area contributed by atoms with Crippen molar-refractivity contribution in [2.45, 2.75) is 13.3 Å². The van der Waals surface area contributed by atoms with Gasteiger partial charge < -0.3 is 4.55 Å². The van der Waals surface area contributed by atoms with Gasteiger partial charge in [-0.05, 0) is 6.42 Å². The third-order valence-corrected chi connectivity index (χ3v) is 1.11. The molecule has 0 bridgehead atoms. The molecule has 1 atom stereocenters. The lowest BCUT2D eigenvalue weighted by Crippen LogP contribution is -1.90. The first-order chi connectivity index (χ1) is 2.77. The van der Waals surface area contributed by atoms with Gasteiger partial charge in [-0.1, -0.05) is 18.0 Å².